The summed E-state index contributed by atoms with van der Waals surface area (Å²) in [5.74, 6) is 5.17. The van der Waals surface area contributed by atoms with Crippen molar-refractivity contribution in [2.45, 2.75) is 19.5 Å². The van der Waals surface area contributed by atoms with Crippen molar-refractivity contribution in [2.75, 3.05) is 18.5 Å². The minimum atomic E-state index is -3.64. The van der Waals surface area contributed by atoms with Crippen molar-refractivity contribution < 1.29 is 13.2 Å². The van der Waals surface area contributed by atoms with Gasteiger partial charge in [0.2, 0.25) is 10.0 Å². The zero-order valence-corrected chi connectivity index (χ0v) is 23.3. The molecule has 0 aliphatic heterocycles. The molecule has 0 saturated heterocycles. The molecular weight excluding hydrogens is 546 g/mol. The van der Waals surface area contributed by atoms with E-state index in [1.54, 1.807) is 67.6 Å². The molecule has 41 heavy (non-hydrogen) atoms. The van der Waals surface area contributed by atoms with Crippen molar-refractivity contribution in [3.05, 3.63) is 87.9 Å². The molecule has 0 saturated carbocycles. The molecule has 0 bridgehead atoms. The minimum Gasteiger partial charge on any atom is -0.381 e. The number of carbonyl (C=O) groups excluding carboxylic acids is 1. The third-order valence-electron chi connectivity index (χ3n) is 6.55. The number of nitrogens with one attached hydrogen (secondary N) is 2. The van der Waals surface area contributed by atoms with E-state index in [9.17, 15) is 18.0 Å². The molecule has 14 heteroatoms. The number of benzene rings is 1. The molecule has 1 amide bonds. The number of pyridine rings is 1. The van der Waals surface area contributed by atoms with Gasteiger partial charge in [-0.15, -0.1) is 5.10 Å². The van der Waals surface area contributed by atoms with Gasteiger partial charge in [-0.1, -0.05) is 24.0 Å². The average molecular weight is 574 g/mol. The lowest BCUT2D eigenvalue weighted by atomic mass is 10.0. The Morgan fingerprint density at radius 3 is 2.76 bits per heavy atom. The van der Waals surface area contributed by atoms with Gasteiger partial charge >= 0.3 is 0 Å². The Morgan fingerprint density at radius 1 is 1.22 bits per heavy atom. The van der Waals surface area contributed by atoms with E-state index in [0.29, 0.717) is 27.6 Å². The molecule has 0 aliphatic carbocycles. The van der Waals surface area contributed by atoms with Gasteiger partial charge in [-0.3, -0.25) is 14.3 Å². The number of amides is 1. The number of hydrogen-bond donors (Lipinski definition) is 3. The first kappa shape index (κ1) is 27.6. The molecule has 13 nitrogen and oxygen atoms in total. The first-order chi connectivity index (χ1) is 19.6. The molecule has 1 aromatic carbocycles. The number of nitrogens with two attached hydrogens (primary N) is 1. The second kappa shape index (κ2) is 10.9. The van der Waals surface area contributed by atoms with Crippen LogP contribution in [0.1, 0.15) is 40.1 Å². The lowest BCUT2D eigenvalue weighted by Crippen LogP contribution is -2.35. The van der Waals surface area contributed by atoms with Crippen LogP contribution in [0.4, 0.5) is 5.82 Å². The lowest BCUT2D eigenvalue weighted by Gasteiger charge is -2.21. The van der Waals surface area contributed by atoms with Gasteiger partial charge in [-0.2, -0.15) is 5.10 Å². The van der Waals surface area contributed by atoms with Crippen LogP contribution in [0.25, 0.3) is 16.4 Å². The number of nitrogens with zero attached hydrogens (tertiary/aromatic N) is 6. The molecule has 5 rings (SSSR count). The lowest BCUT2D eigenvalue weighted by molar-refractivity contribution is 0.0940. The summed E-state index contributed by atoms with van der Waals surface area (Å²) >= 11 is 0. The van der Waals surface area contributed by atoms with Crippen molar-refractivity contribution in [1.29, 1.82) is 0 Å². The van der Waals surface area contributed by atoms with E-state index < -0.39 is 27.5 Å². The van der Waals surface area contributed by atoms with Crippen molar-refractivity contribution >= 4 is 38.2 Å². The fourth-order valence-electron chi connectivity index (χ4n) is 4.52. The van der Waals surface area contributed by atoms with Crippen molar-refractivity contribution in [3.63, 3.8) is 0 Å². The number of rotatable bonds is 7. The Kier molecular flexibility index (Phi) is 7.31. The molecular formula is C27H27N9O4S. The first-order valence-electron chi connectivity index (χ1n) is 12.6. The van der Waals surface area contributed by atoms with Crippen LogP contribution in [-0.2, 0) is 23.6 Å². The molecule has 0 spiro atoms. The van der Waals surface area contributed by atoms with Crippen LogP contribution in [0.3, 0.4) is 0 Å². The van der Waals surface area contributed by atoms with E-state index in [0.717, 1.165) is 0 Å². The van der Waals surface area contributed by atoms with Crippen molar-refractivity contribution in [3.8, 4) is 11.8 Å². The van der Waals surface area contributed by atoms with Crippen LogP contribution >= 0.6 is 0 Å². The van der Waals surface area contributed by atoms with E-state index in [1.165, 1.54) is 22.3 Å². The fraction of sp³-hybridized carbons (Fsp3) is 0.222. The predicted octanol–water partition coefficient (Wildman–Crippen LogP) is 0.800. The SMILES string of the molecule is CNS(=O)(=O)CCn1c(C(C)NC(=O)c2c(N)nn3cccnc23)cc2cccc(C#Cc3cnn(C)c3)c2c1=O. The van der Waals surface area contributed by atoms with Crippen LogP contribution in [0.2, 0.25) is 0 Å². The summed E-state index contributed by atoms with van der Waals surface area (Å²) in [6.45, 7) is 1.54. The molecule has 0 fully saturated rings. The van der Waals surface area contributed by atoms with Gasteiger partial charge < -0.3 is 15.6 Å². The average Bonchev–Trinajstić information content (AvgIpc) is 3.52. The van der Waals surface area contributed by atoms with Crippen molar-refractivity contribution in [1.82, 2.24) is 39.0 Å². The van der Waals surface area contributed by atoms with Gasteiger partial charge in [-0.05, 0) is 37.6 Å². The van der Waals surface area contributed by atoms with Gasteiger partial charge in [0.1, 0.15) is 5.56 Å². The Morgan fingerprint density at radius 2 is 2.02 bits per heavy atom. The summed E-state index contributed by atoms with van der Waals surface area (Å²) in [4.78, 5) is 31.5. The standard InChI is InChI=1S/C27H27N9O4S/c1-17(32-26(37)23-24(28)33-36-11-5-10-30-25(23)36)21-14-20-7-4-6-19(9-8-18-15-31-34(3)16-18)22(20)27(38)35(21)12-13-41(39,40)29-2/h4-7,10-11,14-17,29H,12-13H2,1-3H3,(H2,28,33)(H,32,37). The number of hydrogen-bond acceptors (Lipinski definition) is 8. The topological polar surface area (TPSA) is 171 Å². The first-order valence-corrected chi connectivity index (χ1v) is 14.2. The number of fused-ring (bicyclic) bond motifs is 2. The third-order valence-corrected chi connectivity index (χ3v) is 7.89. The Hall–Kier alpha value is -5.00. The van der Waals surface area contributed by atoms with Gasteiger partial charge in [-0.25, -0.2) is 22.6 Å². The number of sulfonamides is 1. The Labute approximate surface area is 235 Å². The van der Waals surface area contributed by atoms with E-state index in [1.807, 2.05) is 0 Å². The molecule has 1 atom stereocenters. The molecule has 4 aromatic heterocycles. The normalized spacial score (nSPS) is 12.3. The van der Waals surface area contributed by atoms with Crippen LogP contribution < -0.4 is 21.3 Å². The number of carbonyl (C=O) groups is 1. The highest BCUT2D eigenvalue weighted by atomic mass is 32.2. The molecule has 5 aromatic rings. The van der Waals surface area contributed by atoms with Crippen LogP contribution in [0.5, 0.6) is 0 Å². The zero-order valence-electron chi connectivity index (χ0n) is 22.5. The predicted molar refractivity (Wildman–Crippen MR) is 154 cm³/mol. The van der Waals surface area contributed by atoms with Gasteiger partial charge in [0.25, 0.3) is 11.5 Å². The number of nitrogen functional groups attached to an aromatic ring is 1. The molecule has 210 valence electrons. The van der Waals surface area contributed by atoms with E-state index >= 15 is 0 Å². The number of aryl methyl sites for hydroxylation is 1. The van der Waals surface area contributed by atoms with Gasteiger partial charge in [0.05, 0.1) is 28.9 Å². The largest absolute Gasteiger partial charge is 0.381 e. The molecule has 0 aliphatic rings. The number of anilines is 1. The molecule has 4 N–H and O–H groups in total. The maximum Gasteiger partial charge on any atom is 0.259 e. The highest BCUT2D eigenvalue weighted by Crippen LogP contribution is 2.22. The van der Waals surface area contributed by atoms with Crippen LogP contribution in [0.15, 0.2) is 59.9 Å². The zero-order chi connectivity index (χ0) is 29.3. The van der Waals surface area contributed by atoms with Crippen LogP contribution in [-0.4, -0.2) is 56.1 Å². The van der Waals surface area contributed by atoms with Crippen LogP contribution in [0, 0.1) is 11.8 Å². The minimum absolute atomic E-state index is 0.00116. The Balaban J connectivity index is 1.59. The summed E-state index contributed by atoms with van der Waals surface area (Å²) in [6.07, 6.45) is 6.52. The highest BCUT2D eigenvalue weighted by Gasteiger charge is 2.24. The summed E-state index contributed by atoms with van der Waals surface area (Å²) in [5, 5.41) is 12.0. The summed E-state index contributed by atoms with van der Waals surface area (Å²) in [7, 11) is -0.554. The molecule has 1 unspecified atom stereocenters. The van der Waals surface area contributed by atoms with E-state index in [-0.39, 0.29) is 29.3 Å². The summed E-state index contributed by atoms with van der Waals surface area (Å²) in [5.41, 5.74) is 7.53. The number of aromatic nitrogens is 6. The molecule has 4 heterocycles. The second-order valence-corrected chi connectivity index (χ2v) is 11.4. The van der Waals surface area contributed by atoms with Gasteiger partial charge in [0.15, 0.2) is 11.5 Å². The Bertz CT molecular complexity index is 2030. The maximum atomic E-state index is 13.9. The van der Waals surface area contributed by atoms with E-state index in [2.05, 4.69) is 37.1 Å². The highest BCUT2D eigenvalue weighted by molar-refractivity contribution is 7.89. The second-order valence-electron chi connectivity index (χ2n) is 9.31. The summed E-state index contributed by atoms with van der Waals surface area (Å²) < 4.78 is 31.2. The monoisotopic (exact) mass is 573 g/mol. The third kappa shape index (κ3) is 5.53. The smallest absolute Gasteiger partial charge is 0.259 e. The summed E-state index contributed by atoms with van der Waals surface area (Å²) in [6, 6.07) is 7.97. The van der Waals surface area contributed by atoms with Crippen molar-refractivity contribution in [2.24, 2.45) is 7.05 Å². The van der Waals surface area contributed by atoms with Gasteiger partial charge in [0, 0.05) is 43.4 Å². The fourth-order valence-corrected chi connectivity index (χ4v) is 5.14. The molecule has 0 radical (unpaired) electrons. The quantitative estimate of drug-likeness (QED) is 0.240. The van der Waals surface area contributed by atoms with E-state index in [4.69, 9.17) is 5.73 Å². The maximum absolute atomic E-state index is 13.9.